The first-order chi connectivity index (χ1) is 6.68. The summed E-state index contributed by atoms with van der Waals surface area (Å²) < 4.78 is 5.48. The van der Waals surface area contributed by atoms with Crippen molar-refractivity contribution < 1.29 is 9.53 Å². The molecule has 0 aliphatic heterocycles. The molecular weight excluding hydrogens is 182 g/mol. The van der Waals surface area contributed by atoms with E-state index in [-0.39, 0.29) is 17.5 Å². The lowest BCUT2D eigenvalue weighted by Gasteiger charge is -2.09. The van der Waals surface area contributed by atoms with Gasteiger partial charge < -0.3 is 16.2 Å². The van der Waals surface area contributed by atoms with Gasteiger partial charge in [0.15, 0.2) is 0 Å². The molecule has 1 fully saturated rings. The van der Waals surface area contributed by atoms with Crippen LogP contribution < -0.4 is 16.2 Å². The van der Waals surface area contributed by atoms with E-state index >= 15 is 0 Å². The van der Waals surface area contributed by atoms with Gasteiger partial charge in [0.2, 0.25) is 0 Å². The summed E-state index contributed by atoms with van der Waals surface area (Å²) in [5.74, 6) is -0.0469. The number of ether oxygens (including phenoxy) is 1. The van der Waals surface area contributed by atoms with E-state index in [0.29, 0.717) is 5.75 Å². The summed E-state index contributed by atoms with van der Waals surface area (Å²) >= 11 is 0. The SMILES string of the molecule is NC(=O)c1c(OC2CC2)ccnc1N. The second kappa shape index (κ2) is 3.17. The fourth-order valence-corrected chi connectivity index (χ4v) is 1.17. The van der Waals surface area contributed by atoms with Crippen molar-refractivity contribution >= 4 is 11.7 Å². The molecule has 4 N–H and O–H groups in total. The number of pyridine rings is 1. The quantitative estimate of drug-likeness (QED) is 0.722. The third-order valence-electron chi connectivity index (χ3n) is 2.01. The minimum atomic E-state index is -0.605. The molecule has 0 radical (unpaired) electrons. The largest absolute Gasteiger partial charge is 0.489 e. The zero-order valence-corrected chi connectivity index (χ0v) is 7.56. The molecule has 1 aliphatic carbocycles. The Balaban J connectivity index is 2.35. The monoisotopic (exact) mass is 193 g/mol. The zero-order chi connectivity index (χ0) is 10.1. The summed E-state index contributed by atoms with van der Waals surface area (Å²) in [5.41, 5.74) is 10.9. The molecule has 0 atom stereocenters. The standard InChI is InChI=1S/C9H11N3O2/c10-8-7(9(11)13)6(3-4-12-8)14-5-1-2-5/h3-5H,1-2H2,(H2,10,12)(H2,11,13). The fourth-order valence-electron chi connectivity index (χ4n) is 1.17. The van der Waals surface area contributed by atoms with Crippen LogP contribution in [0.15, 0.2) is 12.3 Å². The van der Waals surface area contributed by atoms with Crippen molar-refractivity contribution in [2.75, 3.05) is 5.73 Å². The highest BCUT2D eigenvalue weighted by Gasteiger charge is 2.26. The van der Waals surface area contributed by atoms with Crippen molar-refractivity contribution in [3.05, 3.63) is 17.8 Å². The Bertz CT molecular complexity index is 374. The molecule has 5 nitrogen and oxygen atoms in total. The van der Waals surface area contributed by atoms with Crippen LogP contribution in [-0.2, 0) is 0 Å². The number of nitrogen functional groups attached to an aromatic ring is 1. The number of aromatic nitrogens is 1. The molecule has 74 valence electrons. The Hall–Kier alpha value is -1.78. The molecule has 0 bridgehead atoms. The number of anilines is 1. The fraction of sp³-hybridized carbons (Fsp3) is 0.333. The van der Waals surface area contributed by atoms with Crippen LogP contribution in [0.25, 0.3) is 0 Å². The number of carbonyl (C=O) groups is 1. The topological polar surface area (TPSA) is 91.2 Å². The first kappa shape index (κ1) is 8.80. The molecule has 14 heavy (non-hydrogen) atoms. The van der Waals surface area contributed by atoms with Crippen molar-refractivity contribution in [1.29, 1.82) is 0 Å². The van der Waals surface area contributed by atoms with Gasteiger partial charge in [0.25, 0.3) is 5.91 Å². The number of rotatable bonds is 3. The number of primary amides is 1. The first-order valence-electron chi connectivity index (χ1n) is 4.39. The first-order valence-corrected chi connectivity index (χ1v) is 4.39. The van der Waals surface area contributed by atoms with Gasteiger partial charge in [0, 0.05) is 6.20 Å². The summed E-state index contributed by atoms with van der Waals surface area (Å²) in [4.78, 5) is 14.9. The Labute approximate surface area is 81.1 Å². The molecule has 1 amide bonds. The molecule has 1 aromatic heterocycles. The normalized spacial score (nSPS) is 15.1. The average molecular weight is 193 g/mol. The smallest absolute Gasteiger partial charge is 0.256 e. The molecule has 2 rings (SSSR count). The molecule has 1 heterocycles. The highest BCUT2D eigenvalue weighted by molar-refractivity contribution is 5.99. The second-order valence-corrected chi connectivity index (χ2v) is 3.25. The summed E-state index contributed by atoms with van der Waals surface area (Å²) in [7, 11) is 0. The molecular formula is C9H11N3O2. The zero-order valence-electron chi connectivity index (χ0n) is 7.56. The van der Waals surface area contributed by atoms with Crippen LogP contribution in [0.2, 0.25) is 0 Å². The third kappa shape index (κ3) is 1.61. The molecule has 0 spiro atoms. The van der Waals surface area contributed by atoms with Crippen molar-refractivity contribution in [2.45, 2.75) is 18.9 Å². The van der Waals surface area contributed by atoms with Crippen LogP contribution >= 0.6 is 0 Å². The minimum Gasteiger partial charge on any atom is -0.489 e. The predicted octanol–water partition coefficient (Wildman–Crippen LogP) is 0.304. The average Bonchev–Trinajstić information content (AvgIpc) is 2.87. The number of nitrogens with two attached hydrogens (primary N) is 2. The van der Waals surface area contributed by atoms with Crippen LogP contribution in [0.4, 0.5) is 5.82 Å². The second-order valence-electron chi connectivity index (χ2n) is 3.25. The molecule has 0 aromatic carbocycles. The van der Waals surface area contributed by atoms with Gasteiger partial charge in [-0.25, -0.2) is 4.98 Å². The van der Waals surface area contributed by atoms with Crippen molar-refractivity contribution in [1.82, 2.24) is 4.98 Å². The molecule has 5 heteroatoms. The summed E-state index contributed by atoms with van der Waals surface area (Å²) in [5, 5.41) is 0. The highest BCUT2D eigenvalue weighted by atomic mass is 16.5. The van der Waals surface area contributed by atoms with Gasteiger partial charge in [0.05, 0.1) is 6.10 Å². The van der Waals surface area contributed by atoms with Gasteiger partial charge in [-0.05, 0) is 18.9 Å². The number of carbonyl (C=O) groups excluding carboxylic acids is 1. The molecule has 0 unspecified atom stereocenters. The maximum absolute atomic E-state index is 11.1. The minimum absolute atomic E-state index is 0.121. The van der Waals surface area contributed by atoms with Crippen molar-refractivity contribution in [3.63, 3.8) is 0 Å². The summed E-state index contributed by atoms with van der Waals surface area (Å²) in [6.07, 6.45) is 3.73. The Kier molecular flexibility index (Phi) is 1.99. The predicted molar refractivity (Wildman–Crippen MR) is 50.8 cm³/mol. The summed E-state index contributed by atoms with van der Waals surface area (Å²) in [6.45, 7) is 0. The lowest BCUT2D eigenvalue weighted by Crippen LogP contribution is -2.16. The third-order valence-corrected chi connectivity index (χ3v) is 2.01. The maximum atomic E-state index is 11.1. The Morgan fingerprint density at radius 3 is 2.86 bits per heavy atom. The van der Waals surface area contributed by atoms with Crippen LogP contribution in [-0.4, -0.2) is 17.0 Å². The molecule has 0 saturated heterocycles. The Morgan fingerprint density at radius 1 is 1.57 bits per heavy atom. The number of nitrogens with zero attached hydrogens (tertiary/aromatic N) is 1. The van der Waals surface area contributed by atoms with Gasteiger partial charge >= 0.3 is 0 Å². The van der Waals surface area contributed by atoms with Gasteiger partial charge in [-0.2, -0.15) is 0 Å². The molecule has 1 saturated carbocycles. The highest BCUT2D eigenvalue weighted by Crippen LogP contribution is 2.30. The van der Waals surface area contributed by atoms with Gasteiger partial charge in [-0.3, -0.25) is 4.79 Å². The molecule has 1 aliphatic rings. The Morgan fingerprint density at radius 2 is 2.29 bits per heavy atom. The van der Waals surface area contributed by atoms with E-state index in [4.69, 9.17) is 16.2 Å². The van der Waals surface area contributed by atoms with Crippen molar-refractivity contribution in [3.8, 4) is 5.75 Å². The summed E-state index contributed by atoms with van der Waals surface area (Å²) in [6, 6.07) is 1.61. The van der Waals surface area contributed by atoms with Crippen LogP contribution in [0.5, 0.6) is 5.75 Å². The number of hydrogen-bond acceptors (Lipinski definition) is 4. The number of amides is 1. The maximum Gasteiger partial charge on any atom is 0.256 e. The van der Waals surface area contributed by atoms with Gasteiger partial charge in [-0.15, -0.1) is 0 Å². The van der Waals surface area contributed by atoms with E-state index in [0.717, 1.165) is 12.8 Å². The van der Waals surface area contributed by atoms with Crippen LogP contribution in [0.1, 0.15) is 23.2 Å². The van der Waals surface area contributed by atoms with E-state index < -0.39 is 5.91 Å². The number of hydrogen-bond donors (Lipinski definition) is 2. The van der Waals surface area contributed by atoms with Crippen molar-refractivity contribution in [2.24, 2.45) is 5.73 Å². The van der Waals surface area contributed by atoms with E-state index in [1.165, 1.54) is 6.20 Å². The van der Waals surface area contributed by atoms with Gasteiger partial charge in [-0.1, -0.05) is 0 Å². The lowest BCUT2D eigenvalue weighted by atomic mass is 10.2. The van der Waals surface area contributed by atoms with Crippen LogP contribution in [0.3, 0.4) is 0 Å². The molecule has 1 aromatic rings. The van der Waals surface area contributed by atoms with Crippen LogP contribution in [0, 0.1) is 0 Å². The van der Waals surface area contributed by atoms with E-state index in [2.05, 4.69) is 4.98 Å². The van der Waals surface area contributed by atoms with E-state index in [1.54, 1.807) is 6.07 Å². The van der Waals surface area contributed by atoms with Gasteiger partial charge in [0.1, 0.15) is 17.1 Å². The van der Waals surface area contributed by atoms with E-state index in [1.807, 2.05) is 0 Å². The lowest BCUT2D eigenvalue weighted by molar-refractivity contribution is 0.0996. The van der Waals surface area contributed by atoms with E-state index in [9.17, 15) is 4.79 Å².